The second-order valence-corrected chi connectivity index (χ2v) is 4.77. The fraction of sp³-hybridized carbons (Fsp3) is 0.400. The summed E-state index contributed by atoms with van der Waals surface area (Å²) >= 11 is 0. The Kier molecular flexibility index (Phi) is 4.15. The van der Waals surface area contributed by atoms with E-state index in [1.54, 1.807) is 0 Å². The summed E-state index contributed by atoms with van der Waals surface area (Å²) in [7, 11) is 0. The monoisotopic (exact) mass is 243 g/mol. The Hall–Kier alpha value is -1.61. The molecule has 2 aromatic rings. The number of hydrogen-bond acceptors (Lipinski definition) is 2. The van der Waals surface area contributed by atoms with Crippen LogP contribution >= 0.6 is 0 Å². The summed E-state index contributed by atoms with van der Waals surface area (Å²) in [5.41, 5.74) is 2.49. The van der Waals surface area contributed by atoms with Crippen molar-refractivity contribution in [2.45, 2.75) is 39.8 Å². The first-order valence-corrected chi connectivity index (χ1v) is 6.55. The van der Waals surface area contributed by atoms with Gasteiger partial charge in [0.05, 0.1) is 0 Å². The summed E-state index contributed by atoms with van der Waals surface area (Å²) in [6, 6.07) is 9.11. The molecule has 1 N–H and O–H groups in total. The Labute approximate surface area is 109 Å². The van der Waals surface area contributed by atoms with Crippen molar-refractivity contribution in [2.75, 3.05) is 0 Å². The highest BCUT2D eigenvalue weighted by Gasteiger charge is 2.03. The fourth-order valence-electron chi connectivity index (χ4n) is 1.97. The number of aryl methyl sites for hydroxylation is 1. The van der Waals surface area contributed by atoms with E-state index in [2.05, 4.69) is 59.9 Å². The van der Waals surface area contributed by atoms with Gasteiger partial charge in [0.2, 0.25) is 0 Å². The number of imidazole rings is 1. The van der Waals surface area contributed by atoms with Crippen LogP contribution in [0, 0.1) is 0 Å². The van der Waals surface area contributed by atoms with E-state index in [4.69, 9.17) is 0 Å². The first-order chi connectivity index (χ1) is 8.70. The molecule has 0 amide bonds. The third-order valence-electron chi connectivity index (χ3n) is 2.94. The minimum atomic E-state index is 0.508. The Morgan fingerprint density at radius 2 is 2.17 bits per heavy atom. The number of nitrogens with one attached hydrogen (secondary N) is 1. The molecular weight excluding hydrogens is 222 g/mol. The van der Waals surface area contributed by atoms with Gasteiger partial charge in [-0.25, -0.2) is 4.98 Å². The summed E-state index contributed by atoms with van der Waals surface area (Å²) in [4.78, 5) is 4.36. The Balaban J connectivity index is 2.21. The van der Waals surface area contributed by atoms with Gasteiger partial charge in [0, 0.05) is 37.1 Å². The second-order valence-electron chi connectivity index (χ2n) is 4.77. The Bertz CT molecular complexity index is 500. The highest BCUT2D eigenvalue weighted by atomic mass is 15.1. The number of hydrogen-bond donors (Lipinski definition) is 1. The molecule has 18 heavy (non-hydrogen) atoms. The Morgan fingerprint density at radius 1 is 1.33 bits per heavy atom. The molecule has 1 heterocycles. The van der Waals surface area contributed by atoms with Crippen LogP contribution in [-0.2, 0) is 13.0 Å². The van der Waals surface area contributed by atoms with Gasteiger partial charge >= 0.3 is 0 Å². The fourth-order valence-corrected chi connectivity index (χ4v) is 1.97. The summed E-state index contributed by atoms with van der Waals surface area (Å²) in [6.07, 6.45) is 4.83. The average molecular weight is 243 g/mol. The van der Waals surface area contributed by atoms with Crippen LogP contribution < -0.4 is 5.32 Å². The smallest absolute Gasteiger partial charge is 0.112 e. The zero-order valence-electron chi connectivity index (χ0n) is 11.4. The van der Waals surface area contributed by atoms with Gasteiger partial charge in [0.1, 0.15) is 5.82 Å². The minimum absolute atomic E-state index is 0.508. The van der Waals surface area contributed by atoms with Gasteiger partial charge < -0.3 is 9.88 Å². The van der Waals surface area contributed by atoms with Crippen molar-refractivity contribution in [3.8, 4) is 5.69 Å². The van der Waals surface area contributed by atoms with Crippen LogP contribution in [0.3, 0.4) is 0 Å². The minimum Gasteiger partial charge on any atom is -0.310 e. The van der Waals surface area contributed by atoms with E-state index in [9.17, 15) is 0 Å². The average Bonchev–Trinajstić information content (AvgIpc) is 2.85. The van der Waals surface area contributed by atoms with Crippen LogP contribution in [0.1, 0.15) is 32.2 Å². The van der Waals surface area contributed by atoms with E-state index in [0.29, 0.717) is 6.04 Å². The zero-order valence-corrected chi connectivity index (χ0v) is 11.4. The molecule has 0 fully saturated rings. The van der Waals surface area contributed by atoms with E-state index in [0.717, 1.165) is 18.8 Å². The molecule has 0 atom stereocenters. The molecule has 0 aliphatic heterocycles. The van der Waals surface area contributed by atoms with Crippen LogP contribution in [0.25, 0.3) is 5.69 Å². The van der Waals surface area contributed by atoms with Crippen molar-refractivity contribution < 1.29 is 0 Å². The van der Waals surface area contributed by atoms with Gasteiger partial charge in [-0.05, 0) is 17.7 Å². The van der Waals surface area contributed by atoms with Gasteiger partial charge in [-0.2, -0.15) is 0 Å². The molecular formula is C15H21N3. The van der Waals surface area contributed by atoms with Crippen molar-refractivity contribution in [1.29, 1.82) is 0 Å². The van der Waals surface area contributed by atoms with Crippen molar-refractivity contribution in [3.05, 3.63) is 48.0 Å². The number of rotatable bonds is 5. The van der Waals surface area contributed by atoms with E-state index < -0.39 is 0 Å². The molecule has 1 aromatic heterocycles. The predicted molar refractivity (Wildman–Crippen MR) is 74.9 cm³/mol. The zero-order chi connectivity index (χ0) is 13.0. The molecule has 2 rings (SSSR count). The molecule has 96 valence electrons. The molecule has 0 aliphatic carbocycles. The number of benzene rings is 1. The van der Waals surface area contributed by atoms with Gasteiger partial charge in [-0.15, -0.1) is 0 Å². The maximum Gasteiger partial charge on any atom is 0.112 e. The molecule has 0 saturated heterocycles. The van der Waals surface area contributed by atoms with Crippen molar-refractivity contribution >= 4 is 0 Å². The van der Waals surface area contributed by atoms with E-state index in [1.807, 2.05) is 12.4 Å². The van der Waals surface area contributed by atoms with Crippen LogP contribution in [0.5, 0.6) is 0 Å². The molecule has 0 aliphatic rings. The van der Waals surface area contributed by atoms with Crippen LogP contribution in [0.4, 0.5) is 0 Å². The first kappa shape index (κ1) is 12.8. The van der Waals surface area contributed by atoms with Crippen LogP contribution in [0.2, 0.25) is 0 Å². The lowest BCUT2D eigenvalue weighted by molar-refractivity contribution is 0.588. The molecule has 3 heteroatoms. The topological polar surface area (TPSA) is 29.9 Å². The van der Waals surface area contributed by atoms with Gasteiger partial charge in [-0.3, -0.25) is 0 Å². The molecule has 0 saturated carbocycles. The lowest BCUT2D eigenvalue weighted by Crippen LogP contribution is -2.21. The quantitative estimate of drug-likeness (QED) is 0.875. The molecule has 0 bridgehead atoms. The SMILES string of the molecule is CCc1nccn1-c1cccc(CNC(C)C)c1. The predicted octanol–water partition coefficient (Wildman–Crippen LogP) is 2.93. The summed E-state index contributed by atoms with van der Waals surface area (Å²) in [5.74, 6) is 1.10. The van der Waals surface area contributed by atoms with Crippen LogP contribution in [0.15, 0.2) is 36.7 Å². The molecule has 1 aromatic carbocycles. The third-order valence-corrected chi connectivity index (χ3v) is 2.94. The summed E-state index contributed by atoms with van der Waals surface area (Å²) < 4.78 is 2.15. The summed E-state index contributed by atoms with van der Waals surface area (Å²) in [5, 5.41) is 3.44. The maximum atomic E-state index is 4.36. The number of aromatic nitrogens is 2. The van der Waals surface area contributed by atoms with Gasteiger partial charge in [-0.1, -0.05) is 32.9 Å². The first-order valence-electron chi connectivity index (χ1n) is 6.55. The lowest BCUT2D eigenvalue weighted by atomic mass is 10.2. The lowest BCUT2D eigenvalue weighted by Gasteiger charge is -2.11. The molecule has 0 unspecified atom stereocenters. The second kappa shape index (κ2) is 5.83. The van der Waals surface area contributed by atoms with E-state index in [-0.39, 0.29) is 0 Å². The number of nitrogens with zero attached hydrogens (tertiary/aromatic N) is 2. The van der Waals surface area contributed by atoms with E-state index >= 15 is 0 Å². The maximum absolute atomic E-state index is 4.36. The third kappa shape index (κ3) is 2.99. The summed E-state index contributed by atoms with van der Waals surface area (Å²) in [6.45, 7) is 7.36. The van der Waals surface area contributed by atoms with Gasteiger partial charge in [0.15, 0.2) is 0 Å². The van der Waals surface area contributed by atoms with Gasteiger partial charge in [0.25, 0.3) is 0 Å². The van der Waals surface area contributed by atoms with Crippen LogP contribution in [-0.4, -0.2) is 15.6 Å². The Morgan fingerprint density at radius 3 is 2.89 bits per heavy atom. The largest absolute Gasteiger partial charge is 0.310 e. The highest BCUT2D eigenvalue weighted by molar-refractivity contribution is 5.37. The van der Waals surface area contributed by atoms with Crippen molar-refractivity contribution in [1.82, 2.24) is 14.9 Å². The standard InChI is InChI=1S/C15H21N3/c1-4-15-16-8-9-18(15)14-7-5-6-13(10-14)11-17-12(2)3/h5-10,12,17H,4,11H2,1-3H3. The van der Waals surface area contributed by atoms with E-state index in [1.165, 1.54) is 11.3 Å². The van der Waals surface area contributed by atoms with Crippen molar-refractivity contribution in [2.24, 2.45) is 0 Å². The van der Waals surface area contributed by atoms with Crippen molar-refractivity contribution in [3.63, 3.8) is 0 Å². The normalized spacial score (nSPS) is 11.1. The molecule has 0 spiro atoms. The molecule has 0 radical (unpaired) electrons. The molecule has 3 nitrogen and oxygen atoms in total. The highest BCUT2D eigenvalue weighted by Crippen LogP contribution is 2.13.